The van der Waals surface area contributed by atoms with E-state index in [4.69, 9.17) is 16.3 Å². The molecule has 1 N–H and O–H groups in total. The van der Waals surface area contributed by atoms with Crippen LogP contribution in [0.25, 0.3) is 0 Å². The lowest BCUT2D eigenvalue weighted by atomic mass is 10.1. The van der Waals surface area contributed by atoms with E-state index in [0.717, 1.165) is 47.4 Å². The molecular weight excluding hydrogens is 278 g/mol. The molecule has 4 heteroatoms. The van der Waals surface area contributed by atoms with Crippen molar-refractivity contribution in [2.45, 2.75) is 33.2 Å². The van der Waals surface area contributed by atoms with Gasteiger partial charge in [-0.25, -0.2) is 0 Å². The van der Waals surface area contributed by atoms with Crippen LogP contribution in [0.15, 0.2) is 18.2 Å². The van der Waals surface area contributed by atoms with E-state index in [9.17, 15) is 0 Å². The first-order chi connectivity index (χ1) is 9.19. The van der Waals surface area contributed by atoms with Gasteiger partial charge in [-0.1, -0.05) is 25.4 Å². The number of hydrogen-bond donors (Lipinski definition) is 1. The summed E-state index contributed by atoms with van der Waals surface area (Å²) < 4.78 is 5.88. The van der Waals surface area contributed by atoms with E-state index in [2.05, 4.69) is 26.1 Å². The Morgan fingerprint density at radius 3 is 2.84 bits per heavy atom. The van der Waals surface area contributed by atoms with Crippen molar-refractivity contribution in [1.29, 1.82) is 0 Å². The molecule has 1 unspecified atom stereocenters. The van der Waals surface area contributed by atoms with E-state index in [1.54, 1.807) is 0 Å². The standard InChI is InChI=1S/C15H24ClNOS/c1-4-8-17-12(3)14-11-13(16)6-7-15(14)18-9-10-19-5-2/h6-7,11-12,17H,4-5,8-10H2,1-3H3. The molecule has 0 heterocycles. The first kappa shape index (κ1) is 16.7. The van der Waals surface area contributed by atoms with Crippen LogP contribution in [-0.4, -0.2) is 24.7 Å². The zero-order valence-corrected chi connectivity index (χ0v) is 13.6. The maximum Gasteiger partial charge on any atom is 0.124 e. The molecule has 0 fully saturated rings. The van der Waals surface area contributed by atoms with Crippen molar-refractivity contribution in [3.05, 3.63) is 28.8 Å². The minimum Gasteiger partial charge on any atom is -0.492 e. The first-order valence-electron chi connectivity index (χ1n) is 6.92. The van der Waals surface area contributed by atoms with Crippen LogP contribution < -0.4 is 10.1 Å². The maximum absolute atomic E-state index is 6.09. The highest BCUT2D eigenvalue weighted by atomic mass is 35.5. The third-order valence-corrected chi connectivity index (χ3v) is 3.93. The molecular formula is C15H24ClNOS. The van der Waals surface area contributed by atoms with Crippen molar-refractivity contribution < 1.29 is 4.74 Å². The molecule has 0 amide bonds. The van der Waals surface area contributed by atoms with Crippen LogP contribution in [0.4, 0.5) is 0 Å². The fourth-order valence-electron chi connectivity index (χ4n) is 1.81. The Balaban J connectivity index is 2.67. The number of rotatable bonds is 9. The highest BCUT2D eigenvalue weighted by Crippen LogP contribution is 2.28. The number of benzene rings is 1. The molecule has 0 aliphatic carbocycles. The zero-order valence-electron chi connectivity index (χ0n) is 12.0. The summed E-state index contributed by atoms with van der Waals surface area (Å²) >= 11 is 7.98. The molecule has 0 bridgehead atoms. The third kappa shape index (κ3) is 6.07. The molecule has 1 rings (SSSR count). The van der Waals surface area contributed by atoms with Gasteiger partial charge in [0.25, 0.3) is 0 Å². The minimum absolute atomic E-state index is 0.257. The summed E-state index contributed by atoms with van der Waals surface area (Å²) in [5, 5.41) is 4.23. The van der Waals surface area contributed by atoms with Crippen molar-refractivity contribution in [1.82, 2.24) is 5.32 Å². The first-order valence-corrected chi connectivity index (χ1v) is 8.45. The number of hydrogen-bond acceptors (Lipinski definition) is 3. The van der Waals surface area contributed by atoms with Crippen LogP contribution in [0.1, 0.15) is 38.8 Å². The summed E-state index contributed by atoms with van der Waals surface area (Å²) in [7, 11) is 0. The molecule has 0 radical (unpaired) electrons. The SMILES string of the molecule is CCCNC(C)c1cc(Cl)ccc1OCCSCC. The normalized spacial score (nSPS) is 12.4. The lowest BCUT2D eigenvalue weighted by molar-refractivity contribution is 0.336. The Bertz CT molecular complexity index is 373. The van der Waals surface area contributed by atoms with Gasteiger partial charge in [0, 0.05) is 22.4 Å². The summed E-state index contributed by atoms with van der Waals surface area (Å²) in [5.41, 5.74) is 1.14. The highest BCUT2D eigenvalue weighted by molar-refractivity contribution is 7.99. The molecule has 2 nitrogen and oxygen atoms in total. The van der Waals surface area contributed by atoms with Crippen LogP contribution >= 0.6 is 23.4 Å². The zero-order chi connectivity index (χ0) is 14.1. The van der Waals surface area contributed by atoms with Crippen LogP contribution in [0.5, 0.6) is 5.75 Å². The molecule has 0 spiro atoms. The molecule has 19 heavy (non-hydrogen) atoms. The van der Waals surface area contributed by atoms with Crippen molar-refractivity contribution in [3.8, 4) is 5.75 Å². The van der Waals surface area contributed by atoms with E-state index in [1.165, 1.54) is 0 Å². The predicted molar refractivity (Wildman–Crippen MR) is 86.7 cm³/mol. The fraction of sp³-hybridized carbons (Fsp3) is 0.600. The molecule has 1 aromatic carbocycles. The van der Waals surface area contributed by atoms with Gasteiger partial charge < -0.3 is 10.1 Å². The van der Waals surface area contributed by atoms with Gasteiger partial charge in [-0.3, -0.25) is 0 Å². The topological polar surface area (TPSA) is 21.3 Å². The summed E-state index contributed by atoms with van der Waals surface area (Å²) in [6.07, 6.45) is 1.12. The monoisotopic (exact) mass is 301 g/mol. The van der Waals surface area contributed by atoms with Crippen molar-refractivity contribution in [3.63, 3.8) is 0 Å². The van der Waals surface area contributed by atoms with Gasteiger partial charge in [0.1, 0.15) is 5.75 Å². The Hall–Kier alpha value is -0.380. The van der Waals surface area contributed by atoms with Gasteiger partial charge in [0.15, 0.2) is 0 Å². The van der Waals surface area contributed by atoms with Gasteiger partial charge in [-0.05, 0) is 43.8 Å². The lowest BCUT2D eigenvalue weighted by Gasteiger charge is -2.18. The molecule has 0 aliphatic heterocycles. The Kier molecular flexibility index (Phi) is 8.35. The van der Waals surface area contributed by atoms with Crippen LogP contribution in [-0.2, 0) is 0 Å². The average Bonchev–Trinajstić information content (AvgIpc) is 2.42. The van der Waals surface area contributed by atoms with Gasteiger partial charge >= 0.3 is 0 Å². The van der Waals surface area contributed by atoms with E-state index >= 15 is 0 Å². The summed E-state index contributed by atoms with van der Waals surface area (Å²) in [6, 6.07) is 6.11. The fourth-order valence-corrected chi connectivity index (χ4v) is 2.49. The van der Waals surface area contributed by atoms with Crippen LogP contribution in [0.3, 0.4) is 0 Å². The molecule has 1 aromatic rings. The number of ether oxygens (including phenoxy) is 1. The van der Waals surface area contributed by atoms with E-state index in [-0.39, 0.29) is 6.04 Å². The summed E-state index contributed by atoms with van der Waals surface area (Å²) in [6.45, 7) is 8.22. The molecule has 0 saturated heterocycles. The van der Waals surface area contributed by atoms with Gasteiger partial charge in [-0.15, -0.1) is 0 Å². The van der Waals surface area contributed by atoms with Gasteiger partial charge in [0.2, 0.25) is 0 Å². The maximum atomic E-state index is 6.09. The number of nitrogens with one attached hydrogen (secondary N) is 1. The second-order valence-corrected chi connectivity index (χ2v) is 6.23. The van der Waals surface area contributed by atoms with E-state index in [1.807, 2.05) is 30.0 Å². The molecule has 1 atom stereocenters. The quantitative estimate of drug-likeness (QED) is 0.677. The van der Waals surface area contributed by atoms with E-state index in [0.29, 0.717) is 0 Å². The average molecular weight is 302 g/mol. The lowest BCUT2D eigenvalue weighted by Crippen LogP contribution is -2.20. The van der Waals surface area contributed by atoms with Crippen LogP contribution in [0, 0.1) is 0 Å². The van der Waals surface area contributed by atoms with Crippen molar-refractivity contribution in [2.75, 3.05) is 24.7 Å². The summed E-state index contributed by atoms with van der Waals surface area (Å²) in [4.78, 5) is 0. The molecule has 0 aromatic heterocycles. The van der Waals surface area contributed by atoms with Gasteiger partial charge in [0.05, 0.1) is 6.61 Å². The highest BCUT2D eigenvalue weighted by Gasteiger charge is 2.11. The second kappa shape index (κ2) is 9.51. The predicted octanol–water partition coefficient (Wildman–Crippen LogP) is 4.53. The smallest absolute Gasteiger partial charge is 0.124 e. The minimum atomic E-state index is 0.257. The van der Waals surface area contributed by atoms with Crippen molar-refractivity contribution >= 4 is 23.4 Å². The Morgan fingerprint density at radius 2 is 2.16 bits per heavy atom. The largest absolute Gasteiger partial charge is 0.492 e. The Morgan fingerprint density at radius 1 is 1.37 bits per heavy atom. The van der Waals surface area contributed by atoms with Crippen molar-refractivity contribution in [2.24, 2.45) is 0 Å². The number of halogens is 1. The number of thioether (sulfide) groups is 1. The summed E-state index contributed by atoms with van der Waals surface area (Å²) in [5.74, 6) is 3.10. The Labute approximate surface area is 126 Å². The molecule has 108 valence electrons. The van der Waals surface area contributed by atoms with E-state index < -0.39 is 0 Å². The second-order valence-electron chi connectivity index (χ2n) is 4.40. The van der Waals surface area contributed by atoms with Gasteiger partial charge in [-0.2, -0.15) is 11.8 Å². The molecule has 0 saturated carbocycles. The molecule has 0 aliphatic rings. The third-order valence-electron chi connectivity index (χ3n) is 2.83. The van der Waals surface area contributed by atoms with Crippen LogP contribution in [0.2, 0.25) is 5.02 Å².